The molecule has 2 aromatic rings. The number of aryl methyl sites for hydroxylation is 1. The summed E-state index contributed by atoms with van der Waals surface area (Å²) in [5.41, 5.74) is 7.29. The third-order valence-corrected chi connectivity index (χ3v) is 3.06. The minimum absolute atomic E-state index is 0.00493. The smallest absolute Gasteiger partial charge is 0.336 e. The van der Waals surface area contributed by atoms with Crippen LogP contribution < -0.4 is 5.73 Å². The molecule has 0 saturated heterocycles. The number of carbonyl (C=O) groups is 2. The Labute approximate surface area is 115 Å². The minimum atomic E-state index is -1.17. The fourth-order valence-corrected chi connectivity index (χ4v) is 2.11. The lowest BCUT2D eigenvalue weighted by Gasteiger charge is -2.13. The van der Waals surface area contributed by atoms with E-state index in [4.69, 9.17) is 5.73 Å². The zero-order chi connectivity index (χ0) is 14.9. The van der Waals surface area contributed by atoms with Crippen molar-refractivity contribution in [2.75, 3.05) is 5.73 Å². The molecule has 5 heteroatoms. The lowest BCUT2D eigenvalue weighted by molar-refractivity contribution is 0.0695. The third-order valence-electron chi connectivity index (χ3n) is 3.06. The average Bonchev–Trinajstić information content (AvgIpc) is 2.38. The molecule has 0 aliphatic rings. The molecule has 0 amide bonds. The van der Waals surface area contributed by atoms with Gasteiger partial charge in [0.1, 0.15) is 0 Å². The van der Waals surface area contributed by atoms with Gasteiger partial charge in [-0.3, -0.25) is 0 Å². The summed E-state index contributed by atoms with van der Waals surface area (Å²) in [5, 5.41) is 18.6. The second-order valence-corrected chi connectivity index (χ2v) is 4.41. The Bertz CT molecular complexity index is 690. The maximum atomic E-state index is 11.4. The highest BCUT2D eigenvalue weighted by atomic mass is 16.4. The van der Waals surface area contributed by atoms with Gasteiger partial charge in [0.2, 0.25) is 0 Å². The number of nitrogens with two attached hydrogens (primary N) is 1. The predicted octanol–water partition coefficient (Wildman–Crippen LogP) is 2.64. The maximum Gasteiger partial charge on any atom is 0.336 e. The molecule has 0 radical (unpaired) electrons. The van der Waals surface area contributed by atoms with Crippen LogP contribution in [0.2, 0.25) is 0 Å². The summed E-state index contributed by atoms with van der Waals surface area (Å²) in [4.78, 5) is 22.8. The maximum absolute atomic E-state index is 11.4. The van der Waals surface area contributed by atoms with Gasteiger partial charge in [0.25, 0.3) is 0 Å². The summed E-state index contributed by atoms with van der Waals surface area (Å²) >= 11 is 0. The third kappa shape index (κ3) is 2.33. The molecule has 0 aromatic heterocycles. The molecule has 102 valence electrons. The molecule has 0 aliphatic carbocycles. The zero-order valence-electron chi connectivity index (χ0n) is 10.8. The van der Waals surface area contributed by atoms with Crippen LogP contribution in [-0.2, 0) is 0 Å². The van der Waals surface area contributed by atoms with E-state index in [1.165, 1.54) is 12.1 Å². The van der Waals surface area contributed by atoms with Gasteiger partial charge in [0.15, 0.2) is 0 Å². The zero-order valence-corrected chi connectivity index (χ0v) is 10.8. The lowest BCUT2D eigenvalue weighted by Crippen LogP contribution is -2.09. The van der Waals surface area contributed by atoms with Crippen LogP contribution in [0.4, 0.5) is 5.69 Å². The van der Waals surface area contributed by atoms with Crippen LogP contribution in [-0.4, -0.2) is 22.2 Å². The lowest BCUT2D eigenvalue weighted by atomic mass is 9.91. The van der Waals surface area contributed by atoms with E-state index in [0.29, 0.717) is 16.8 Å². The molecule has 0 fully saturated rings. The van der Waals surface area contributed by atoms with Crippen LogP contribution in [0.5, 0.6) is 0 Å². The quantitative estimate of drug-likeness (QED) is 0.745. The van der Waals surface area contributed by atoms with Crippen molar-refractivity contribution >= 4 is 17.6 Å². The highest BCUT2D eigenvalue weighted by molar-refractivity contribution is 6.05. The Kier molecular flexibility index (Phi) is 3.43. The van der Waals surface area contributed by atoms with Crippen LogP contribution in [0.15, 0.2) is 36.4 Å². The molecule has 2 rings (SSSR count). The predicted molar refractivity (Wildman–Crippen MR) is 74.9 cm³/mol. The van der Waals surface area contributed by atoms with E-state index in [1.807, 2.05) is 0 Å². The van der Waals surface area contributed by atoms with Crippen molar-refractivity contribution in [2.24, 2.45) is 0 Å². The summed E-state index contributed by atoms with van der Waals surface area (Å²) < 4.78 is 0. The van der Waals surface area contributed by atoms with E-state index in [-0.39, 0.29) is 16.7 Å². The number of aromatic carboxylic acids is 2. The van der Waals surface area contributed by atoms with E-state index >= 15 is 0 Å². The number of nitrogen functional groups attached to an aromatic ring is 1. The van der Waals surface area contributed by atoms with Gasteiger partial charge in [-0.05, 0) is 36.2 Å². The van der Waals surface area contributed by atoms with Gasteiger partial charge >= 0.3 is 11.9 Å². The Hall–Kier alpha value is -2.82. The molecule has 0 atom stereocenters. The standard InChI is InChI=1S/C15H13NO4/c1-8-2-7-11(14(17)18)13(12(8)15(19)20)9-3-5-10(16)6-4-9/h2-7H,16H2,1H3,(H,17,18)(H,19,20). The van der Waals surface area contributed by atoms with Crippen LogP contribution in [0, 0.1) is 6.92 Å². The van der Waals surface area contributed by atoms with E-state index in [0.717, 1.165) is 0 Å². The molecule has 0 bridgehead atoms. The SMILES string of the molecule is Cc1ccc(C(=O)O)c(-c2ccc(N)cc2)c1C(=O)O. The van der Waals surface area contributed by atoms with Crippen molar-refractivity contribution in [2.45, 2.75) is 6.92 Å². The first kappa shape index (κ1) is 13.6. The number of hydrogen-bond acceptors (Lipinski definition) is 3. The topological polar surface area (TPSA) is 101 Å². The first-order chi connectivity index (χ1) is 9.41. The molecule has 5 nitrogen and oxygen atoms in total. The first-order valence-corrected chi connectivity index (χ1v) is 5.88. The summed E-state index contributed by atoms with van der Waals surface area (Å²) in [7, 11) is 0. The molecule has 0 unspecified atom stereocenters. The number of carboxylic acid groups (broad SMARTS) is 2. The minimum Gasteiger partial charge on any atom is -0.478 e. The van der Waals surface area contributed by atoms with Gasteiger partial charge in [-0.25, -0.2) is 9.59 Å². The molecule has 20 heavy (non-hydrogen) atoms. The Balaban J connectivity index is 2.83. The van der Waals surface area contributed by atoms with Gasteiger partial charge in [-0.2, -0.15) is 0 Å². The van der Waals surface area contributed by atoms with Gasteiger partial charge in [-0.1, -0.05) is 18.2 Å². The Morgan fingerprint density at radius 2 is 1.55 bits per heavy atom. The summed E-state index contributed by atoms with van der Waals surface area (Å²) in [6, 6.07) is 9.35. The number of anilines is 1. The summed E-state index contributed by atoms with van der Waals surface area (Å²) in [6.07, 6.45) is 0. The fraction of sp³-hybridized carbons (Fsp3) is 0.0667. The average molecular weight is 271 g/mol. The van der Waals surface area contributed by atoms with E-state index in [1.54, 1.807) is 31.2 Å². The van der Waals surface area contributed by atoms with E-state index < -0.39 is 11.9 Å². The molecule has 0 spiro atoms. The number of carboxylic acids is 2. The van der Waals surface area contributed by atoms with Crippen LogP contribution in [0.3, 0.4) is 0 Å². The number of benzene rings is 2. The summed E-state index contributed by atoms with van der Waals surface area (Å²) in [5.74, 6) is -2.32. The second kappa shape index (κ2) is 5.05. The van der Waals surface area contributed by atoms with E-state index in [2.05, 4.69) is 0 Å². The molecule has 0 aliphatic heterocycles. The van der Waals surface area contributed by atoms with Crippen molar-refractivity contribution in [3.05, 3.63) is 53.1 Å². The van der Waals surface area contributed by atoms with Crippen LogP contribution in [0.1, 0.15) is 26.3 Å². The molecule has 0 heterocycles. The van der Waals surface area contributed by atoms with Crippen molar-refractivity contribution in [1.82, 2.24) is 0 Å². The fourth-order valence-electron chi connectivity index (χ4n) is 2.11. The summed E-state index contributed by atoms with van der Waals surface area (Å²) in [6.45, 7) is 1.63. The Morgan fingerprint density at radius 1 is 0.950 bits per heavy atom. The van der Waals surface area contributed by atoms with Crippen LogP contribution >= 0.6 is 0 Å². The highest BCUT2D eigenvalue weighted by Crippen LogP contribution is 2.31. The van der Waals surface area contributed by atoms with Gasteiger partial charge < -0.3 is 15.9 Å². The monoisotopic (exact) mass is 271 g/mol. The first-order valence-electron chi connectivity index (χ1n) is 5.88. The van der Waals surface area contributed by atoms with Gasteiger partial charge in [-0.15, -0.1) is 0 Å². The molecule has 0 saturated carbocycles. The molecule has 2 aromatic carbocycles. The second-order valence-electron chi connectivity index (χ2n) is 4.41. The Morgan fingerprint density at radius 3 is 2.05 bits per heavy atom. The highest BCUT2D eigenvalue weighted by Gasteiger charge is 2.21. The van der Waals surface area contributed by atoms with Crippen molar-refractivity contribution in [3.63, 3.8) is 0 Å². The molecular weight excluding hydrogens is 258 g/mol. The normalized spacial score (nSPS) is 10.2. The van der Waals surface area contributed by atoms with Gasteiger partial charge in [0.05, 0.1) is 11.1 Å². The van der Waals surface area contributed by atoms with Crippen molar-refractivity contribution in [3.8, 4) is 11.1 Å². The van der Waals surface area contributed by atoms with Crippen molar-refractivity contribution in [1.29, 1.82) is 0 Å². The molecular formula is C15H13NO4. The van der Waals surface area contributed by atoms with Gasteiger partial charge in [0, 0.05) is 11.3 Å². The number of rotatable bonds is 3. The molecule has 4 N–H and O–H groups in total. The van der Waals surface area contributed by atoms with E-state index in [9.17, 15) is 19.8 Å². The van der Waals surface area contributed by atoms with Crippen LogP contribution in [0.25, 0.3) is 11.1 Å². The largest absolute Gasteiger partial charge is 0.478 e. The number of hydrogen-bond donors (Lipinski definition) is 3. The van der Waals surface area contributed by atoms with Crippen molar-refractivity contribution < 1.29 is 19.8 Å².